The molecule has 6 aromatic carbocycles. The van der Waals surface area contributed by atoms with Crippen molar-refractivity contribution in [2.75, 3.05) is 41.2 Å². The van der Waals surface area contributed by atoms with Gasteiger partial charge in [-0.25, -0.2) is 0 Å². The molecule has 0 spiro atoms. The van der Waals surface area contributed by atoms with Crippen LogP contribution in [0.2, 0.25) is 0 Å². The summed E-state index contributed by atoms with van der Waals surface area (Å²) in [6.45, 7) is 1.59. The second kappa shape index (κ2) is 33.2. The predicted octanol–water partition coefficient (Wildman–Crippen LogP) is -1.89. The molecule has 629 valence electrons. The molecular formula is C81H84FeN3O33. The van der Waals surface area contributed by atoms with Gasteiger partial charge >= 0.3 is 17.1 Å². The molecule has 18 N–H and O–H groups in total. The molecule has 18 unspecified atom stereocenters. The minimum atomic E-state index is -2.28. The number of phenols is 3. The summed E-state index contributed by atoms with van der Waals surface area (Å²) in [6, 6.07) is 10.7. The van der Waals surface area contributed by atoms with E-state index in [0.29, 0.717) is 0 Å². The summed E-state index contributed by atoms with van der Waals surface area (Å²) in [5, 5.41) is 168. The summed E-state index contributed by atoms with van der Waals surface area (Å²) in [7, 11) is 3.93. The van der Waals surface area contributed by atoms with Crippen LogP contribution in [-0.4, -0.2) is 245 Å². The molecule has 9 aliphatic rings. The van der Waals surface area contributed by atoms with Gasteiger partial charge in [0.2, 0.25) is 17.3 Å². The number of carbonyl (C=O) groups excluding carboxylic acids is 9. The van der Waals surface area contributed by atoms with Gasteiger partial charge in [0, 0.05) is 126 Å². The van der Waals surface area contributed by atoms with Crippen molar-refractivity contribution in [2.24, 2.45) is 17.2 Å². The molecule has 15 rings (SSSR count). The van der Waals surface area contributed by atoms with Crippen molar-refractivity contribution in [3.63, 3.8) is 0 Å². The average molecular weight is 1680 g/mol. The summed E-state index contributed by atoms with van der Waals surface area (Å²) in [6.07, 6.45) is -15.9. The van der Waals surface area contributed by atoms with Crippen molar-refractivity contribution >= 4 is 52.0 Å². The minimum absolute atomic E-state index is 0. The minimum Gasteiger partial charge on any atom is -0.872 e. The van der Waals surface area contributed by atoms with Gasteiger partial charge in [0.05, 0.1) is 110 Å². The first-order chi connectivity index (χ1) is 55.3. The molecule has 3 saturated heterocycles. The predicted molar refractivity (Wildman–Crippen MR) is 389 cm³/mol. The Labute approximate surface area is 680 Å². The number of methoxy groups -OCH3 is 3. The van der Waals surface area contributed by atoms with Gasteiger partial charge in [-0.15, -0.1) is 0 Å². The first-order valence-corrected chi connectivity index (χ1v) is 37.2. The summed E-state index contributed by atoms with van der Waals surface area (Å²) in [4.78, 5) is 119. The van der Waals surface area contributed by atoms with E-state index in [1.165, 1.54) is 75.9 Å². The number of aromatic hydroxyl groups is 3. The van der Waals surface area contributed by atoms with Crippen LogP contribution in [0.15, 0.2) is 54.6 Å². The fourth-order valence-electron chi connectivity index (χ4n) is 17.2. The number of fused-ring (bicyclic) bond motifs is 9. The van der Waals surface area contributed by atoms with Crippen LogP contribution in [0.25, 0.3) is 0 Å². The maximum Gasteiger partial charge on any atom is 3.00 e. The van der Waals surface area contributed by atoms with E-state index in [9.17, 15) is 120 Å². The van der Waals surface area contributed by atoms with Crippen molar-refractivity contribution in [1.82, 2.24) is 0 Å². The molecular weight excluding hydrogens is 1600 g/mol. The van der Waals surface area contributed by atoms with Crippen LogP contribution in [0, 0.1) is 0 Å². The second-order valence-electron chi connectivity index (χ2n) is 30.4. The van der Waals surface area contributed by atoms with Gasteiger partial charge < -0.3 is 136 Å². The average Bonchev–Trinajstić information content (AvgIpc) is 0.719. The van der Waals surface area contributed by atoms with Crippen LogP contribution in [0.1, 0.15) is 207 Å². The molecule has 0 amide bonds. The number of hydrogen-bond donors (Lipinski definition) is 15. The molecule has 6 aliphatic carbocycles. The molecule has 1 radical (unpaired) electrons. The van der Waals surface area contributed by atoms with E-state index in [1.54, 1.807) is 20.8 Å². The van der Waals surface area contributed by atoms with E-state index in [1.807, 2.05) is 0 Å². The van der Waals surface area contributed by atoms with Crippen molar-refractivity contribution in [2.45, 2.75) is 187 Å². The Kier molecular flexibility index (Phi) is 24.6. The van der Waals surface area contributed by atoms with Crippen LogP contribution < -0.4 is 46.7 Å². The van der Waals surface area contributed by atoms with Gasteiger partial charge in [0.15, 0.2) is 53.6 Å². The van der Waals surface area contributed by atoms with E-state index < -0.39 is 287 Å². The van der Waals surface area contributed by atoms with Gasteiger partial charge in [-0.05, 0) is 55.7 Å². The van der Waals surface area contributed by atoms with Crippen LogP contribution in [-0.2, 0) is 79.1 Å². The van der Waals surface area contributed by atoms with E-state index in [-0.39, 0.29) is 120 Å². The monoisotopic (exact) mass is 1680 g/mol. The number of aliphatic hydroxyl groups is 9. The molecule has 0 aromatic heterocycles. The van der Waals surface area contributed by atoms with Gasteiger partial charge in [-0.3, -0.25) is 43.2 Å². The quantitative estimate of drug-likeness (QED) is 0.0499. The van der Waals surface area contributed by atoms with Crippen molar-refractivity contribution in [3.8, 4) is 51.7 Å². The summed E-state index contributed by atoms with van der Waals surface area (Å²) in [5.74, 6) is -12.6. The van der Waals surface area contributed by atoms with Crippen LogP contribution in [0.5, 0.6) is 51.7 Å². The first kappa shape index (κ1) is 87.7. The van der Waals surface area contributed by atoms with Crippen LogP contribution in [0.3, 0.4) is 0 Å². The topological polar surface area (TPSA) is 627 Å². The third-order valence-corrected chi connectivity index (χ3v) is 23.4. The molecule has 6 aromatic rings. The third-order valence-electron chi connectivity index (χ3n) is 23.4. The Morgan fingerprint density at radius 1 is 0.415 bits per heavy atom. The SMILES string of the molecule is COc1cccc2c1C(=O)c1c(O)c3c(c([O-])c1C2=O)CC(O)(C(=O)CO)CC3OC1CC(N)C(O)C(C)O1.COc1cccc2c1C(=O)c1c(O)c3c(c([O-])c1C2=O)CC(O)(C(=O)CO)CC3OC1CC(N)C(O)C(C)O1.COc1cccc2c1C(=O)c1c(O)c3c(c([O-])c1C2=O)CC(O)(C(=O)CO)CC3OC1CC(N)C(O)C(C)O1.[Fe+3]. The standard InChI is InChI=1S/3C27H29NO11.Fe/c3*1-10-22(31)13(28)6-17(38-10)39-15-8-27(36,16(30)9-29)7-12-19(15)26(35)21-20(24(12)33)23(32)11-4-3-5-14(37-2)18(11)25(21)34;/h3*3-5,10,13,15,17,22,29,31,33,35-36H,6-9,28H2,1-2H3;/q;;;+3/p-3. The smallest absolute Gasteiger partial charge is 0.872 e. The van der Waals surface area contributed by atoms with E-state index in [4.69, 9.17) is 59.8 Å². The van der Waals surface area contributed by atoms with Gasteiger partial charge in [0.1, 0.15) is 71.1 Å². The van der Waals surface area contributed by atoms with Gasteiger partial charge in [-0.2, -0.15) is 0 Å². The summed E-state index contributed by atoms with van der Waals surface area (Å²) >= 11 is 0. The molecule has 118 heavy (non-hydrogen) atoms. The van der Waals surface area contributed by atoms with Crippen molar-refractivity contribution in [1.29, 1.82) is 0 Å². The number of ketones is 9. The Morgan fingerprint density at radius 2 is 0.653 bits per heavy atom. The van der Waals surface area contributed by atoms with E-state index >= 15 is 0 Å². The summed E-state index contributed by atoms with van der Waals surface area (Å²) in [5.41, 5.74) is 5.73. The molecule has 36 nitrogen and oxygen atoms in total. The Morgan fingerprint density at radius 3 is 0.864 bits per heavy atom. The number of nitrogens with two attached hydrogens (primary N) is 3. The molecule has 0 bridgehead atoms. The maximum atomic E-state index is 13.8. The summed E-state index contributed by atoms with van der Waals surface area (Å²) < 4.78 is 50.8. The van der Waals surface area contributed by atoms with Gasteiger partial charge in [0.25, 0.3) is 0 Å². The number of rotatable bonds is 15. The van der Waals surface area contributed by atoms with E-state index in [2.05, 4.69) is 0 Å². The largest absolute Gasteiger partial charge is 3.00 e. The zero-order valence-corrected chi connectivity index (χ0v) is 65.0. The fourth-order valence-corrected chi connectivity index (χ4v) is 17.2. The van der Waals surface area contributed by atoms with Crippen LogP contribution in [0.4, 0.5) is 0 Å². The maximum absolute atomic E-state index is 13.8. The zero-order valence-electron chi connectivity index (χ0n) is 63.9. The van der Waals surface area contributed by atoms with Crippen LogP contribution >= 0.6 is 0 Å². The van der Waals surface area contributed by atoms with Crippen molar-refractivity contribution in [3.05, 3.63) is 155 Å². The molecule has 3 fully saturated rings. The second-order valence-corrected chi connectivity index (χ2v) is 30.4. The number of carbonyl (C=O) groups is 9. The number of Topliss-reactive ketones (excluding diaryl/α,β-unsaturated/α-hetero) is 3. The van der Waals surface area contributed by atoms with Gasteiger partial charge in [-0.1, -0.05) is 53.6 Å². The molecule has 0 saturated carbocycles. The van der Waals surface area contributed by atoms with E-state index in [0.717, 1.165) is 0 Å². The molecule has 3 heterocycles. The number of aliphatic hydroxyl groups excluding tert-OH is 6. The first-order valence-electron chi connectivity index (χ1n) is 37.2. The van der Waals surface area contributed by atoms with Crippen molar-refractivity contribution < 1.29 is 179 Å². The normalized spacial score (nSPS) is 29.6. The molecule has 3 aliphatic heterocycles. The number of ether oxygens (including phenoxy) is 9. The third kappa shape index (κ3) is 14.6. The Hall–Kier alpha value is -9.65. The number of hydrogen-bond acceptors (Lipinski definition) is 36. The Balaban J connectivity index is 0.000000162. The molecule has 37 heteroatoms. The fraction of sp³-hybridized carbons (Fsp3) is 0.444. The molecule has 18 atom stereocenters. The Bertz CT molecular complexity index is 4630. The number of phenolic OH excluding ortho intramolecular Hbond substituents is 3. The number of benzene rings is 6. The zero-order chi connectivity index (χ0) is 85.2.